The SMILES string of the molecule is CCc1c(-c2ccc(F)cc2Cl)sc(C(=O)OC)c1N. The second-order valence-electron chi connectivity index (χ2n) is 4.12. The number of hydrogen-bond acceptors (Lipinski definition) is 4. The zero-order valence-corrected chi connectivity index (χ0v) is 12.6. The second kappa shape index (κ2) is 5.81. The molecule has 0 spiro atoms. The Hall–Kier alpha value is -1.59. The van der Waals surface area contributed by atoms with Gasteiger partial charge in [-0.15, -0.1) is 11.3 Å². The zero-order chi connectivity index (χ0) is 14.9. The minimum atomic E-state index is -0.480. The molecular formula is C14H13ClFNO2S. The summed E-state index contributed by atoms with van der Waals surface area (Å²) in [5, 5.41) is 0.289. The lowest BCUT2D eigenvalue weighted by atomic mass is 10.1. The highest BCUT2D eigenvalue weighted by Crippen LogP contribution is 2.42. The summed E-state index contributed by atoms with van der Waals surface area (Å²) in [4.78, 5) is 12.8. The molecule has 1 aromatic carbocycles. The van der Waals surface area contributed by atoms with Crippen LogP contribution in [0, 0.1) is 5.82 Å². The lowest BCUT2D eigenvalue weighted by molar-refractivity contribution is 0.0607. The van der Waals surface area contributed by atoms with Crippen LogP contribution in [-0.4, -0.2) is 13.1 Å². The quantitative estimate of drug-likeness (QED) is 0.866. The van der Waals surface area contributed by atoms with Crippen LogP contribution in [0.1, 0.15) is 22.2 Å². The number of anilines is 1. The van der Waals surface area contributed by atoms with E-state index in [0.29, 0.717) is 22.5 Å². The Morgan fingerprint density at radius 2 is 2.20 bits per heavy atom. The summed E-state index contributed by atoms with van der Waals surface area (Å²) in [6.45, 7) is 1.93. The van der Waals surface area contributed by atoms with Crippen molar-refractivity contribution in [3.63, 3.8) is 0 Å². The van der Waals surface area contributed by atoms with Gasteiger partial charge in [-0.3, -0.25) is 0 Å². The fourth-order valence-corrected chi connectivity index (χ4v) is 3.55. The predicted molar refractivity (Wildman–Crippen MR) is 79.9 cm³/mol. The smallest absolute Gasteiger partial charge is 0.350 e. The van der Waals surface area contributed by atoms with Gasteiger partial charge < -0.3 is 10.5 Å². The number of carbonyl (C=O) groups excluding carboxylic acids is 1. The first-order chi connectivity index (χ1) is 9.49. The first-order valence-corrected chi connectivity index (χ1v) is 7.13. The first kappa shape index (κ1) is 14.8. The Morgan fingerprint density at radius 3 is 2.75 bits per heavy atom. The predicted octanol–water partition coefficient (Wildman–Crippen LogP) is 4.14. The van der Waals surface area contributed by atoms with Gasteiger partial charge in [-0.05, 0) is 30.2 Å². The van der Waals surface area contributed by atoms with E-state index in [-0.39, 0.29) is 5.02 Å². The van der Waals surface area contributed by atoms with Gasteiger partial charge in [0.2, 0.25) is 0 Å². The van der Waals surface area contributed by atoms with E-state index in [1.165, 1.54) is 30.6 Å². The van der Waals surface area contributed by atoms with Crippen LogP contribution >= 0.6 is 22.9 Å². The first-order valence-electron chi connectivity index (χ1n) is 5.94. The number of hydrogen-bond donors (Lipinski definition) is 1. The maximum absolute atomic E-state index is 13.1. The minimum absolute atomic E-state index is 0.289. The molecule has 0 aliphatic carbocycles. The molecule has 6 heteroatoms. The molecule has 0 saturated carbocycles. The van der Waals surface area contributed by atoms with Crippen molar-refractivity contribution in [3.8, 4) is 10.4 Å². The molecule has 1 heterocycles. The molecule has 106 valence electrons. The third-order valence-corrected chi connectivity index (χ3v) is 4.52. The van der Waals surface area contributed by atoms with Gasteiger partial charge >= 0.3 is 5.97 Å². The number of esters is 1. The fourth-order valence-electron chi connectivity index (χ4n) is 1.96. The van der Waals surface area contributed by atoms with Gasteiger partial charge in [0.25, 0.3) is 0 Å². The maximum Gasteiger partial charge on any atom is 0.350 e. The molecule has 0 aliphatic rings. The number of carbonyl (C=O) groups is 1. The Bertz CT molecular complexity index is 669. The highest BCUT2D eigenvalue weighted by Gasteiger charge is 2.22. The number of nitrogens with two attached hydrogens (primary N) is 1. The molecule has 0 fully saturated rings. The molecule has 1 aromatic heterocycles. The van der Waals surface area contributed by atoms with Crippen LogP contribution in [0.15, 0.2) is 18.2 Å². The lowest BCUT2D eigenvalue weighted by Crippen LogP contribution is -2.02. The Morgan fingerprint density at radius 1 is 1.50 bits per heavy atom. The molecule has 0 atom stereocenters. The molecule has 3 nitrogen and oxygen atoms in total. The summed E-state index contributed by atoms with van der Waals surface area (Å²) in [5.41, 5.74) is 7.89. The summed E-state index contributed by atoms with van der Waals surface area (Å²) >= 11 is 7.29. The molecule has 0 bridgehead atoms. The van der Waals surface area contributed by atoms with Crippen molar-refractivity contribution in [2.75, 3.05) is 12.8 Å². The van der Waals surface area contributed by atoms with Crippen molar-refractivity contribution in [3.05, 3.63) is 39.5 Å². The highest BCUT2D eigenvalue weighted by atomic mass is 35.5. The topological polar surface area (TPSA) is 52.3 Å². The van der Waals surface area contributed by atoms with E-state index in [1.807, 2.05) is 6.92 Å². The average molecular weight is 314 g/mol. The van der Waals surface area contributed by atoms with Crippen molar-refractivity contribution < 1.29 is 13.9 Å². The van der Waals surface area contributed by atoms with Gasteiger partial charge in [0, 0.05) is 10.4 Å². The maximum atomic E-state index is 13.1. The van der Waals surface area contributed by atoms with Gasteiger partial charge in [-0.1, -0.05) is 18.5 Å². The Labute approximate surface area is 125 Å². The van der Waals surface area contributed by atoms with E-state index in [4.69, 9.17) is 22.1 Å². The van der Waals surface area contributed by atoms with Crippen LogP contribution in [0.5, 0.6) is 0 Å². The van der Waals surface area contributed by atoms with E-state index in [0.717, 1.165) is 10.4 Å². The number of nitrogen functional groups attached to an aromatic ring is 1. The molecular weight excluding hydrogens is 301 g/mol. The lowest BCUT2D eigenvalue weighted by Gasteiger charge is -2.05. The van der Waals surface area contributed by atoms with Crippen molar-refractivity contribution in [2.45, 2.75) is 13.3 Å². The average Bonchev–Trinajstić information content (AvgIpc) is 2.74. The summed E-state index contributed by atoms with van der Waals surface area (Å²) in [7, 11) is 1.30. The number of benzene rings is 1. The molecule has 0 radical (unpaired) electrons. The second-order valence-corrected chi connectivity index (χ2v) is 5.55. The van der Waals surface area contributed by atoms with Crippen LogP contribution in [0.25, 0.3) is 10.4 Å². The number of thiophene rings is 1. The van der Waals surface area contributed by atoms with Gasteiger partial charge in [0.1, 0.15) is 10.7 Å². The van der Waals surface area contributed by atoms with E-state index >= 15 is 0 Å². The third-order valence-electron chi connectivity index (χ3n) is 2.95. The summed E-state index contributed by atoms with van der Waals surface area (Å²) in [6.07, 6.45) is 0.641. The fraction of sp³-hybridized carbons (Fsp3) is 0.214. The van der Waals surface area contributed by atoms with Crippen LogP contribution in [-0.2, 0) is 11.2 Å². The molecule has 0 amide bonds. The normalized spacial score (nSPS) is 10.6. The molecule has 2 rings (SSSR count). The van der Waals surface area contributed by atoms with E-state index in [2.05, 4.69) is 0 Å². The van der Waals surface area contributed by atoms with Crippen molar-refractivity contribution in [1.82, 2.24) is 0 Å². The van der Waals surface area contributed by atoms with Gasteiger partial charge in [-0.2, -0.15) is 0 Å². The molecule has 20 heavy (non-hydrogen) atoms. The zero-order valence-electron chi connectivity index (χ0n) is 11.0. The molecule has 0 unspecified atom stereocenters. The third kappa shape index (κ3) is 2.51. The van der Waals surface area contributed by atoms with Crippen LogP contribution in [0.2, 0.25) is 5.02 Å². The molecule has 0 saturated heterocycles. The van der Waals surface area contributed by atoms with E-state index < -0.39 is 11.8 Å². The van der Waals surface area contributed by atoms with Crippen molar-refractivity contribution >= 4 is 34.6 Å². The molecule has 2 N–H and O–H groups in total. The largest absolute Gasteiger partial charge is 0.465 e. The Kier molecular flexibility index (Phi) is 4.30. The highest BCUT2D eigenvalue weighted by molar-refractivity contribution is 7.18. The van der Waals surface area contributed by atoms with Crippen LogP contribution in [0.3, 0.4) is 0 Å². The van der Waals surface area contributed by atoms with Gasteiger partial charge in [-0.25, -0.2) is 9.18 Å². The number of ether oxygens (including phenoxy) is 1. The Balaban J connectivity index is 2.64. The molecule has 0 aliphatic heterocycles. The monoisotopic (exact) mass is 313 g/mol. The van der Waals surface area contributed by atoms with E-state index in [9.17, 15) is 9.18 Å². The van der Waals surface area contributed by atoms with E-state index in [1.54, 1.807) is 6.07 Å². The summed E-state index contributed by atoms with van der Waals surface area (Å²) < 4.78 is 17.8. The summed E-state index contributed by atoms with van der Waals surface area (Å²) in [6, 6.07) is 4.15. The molecule has 2 aromatic rings. The summed E-state index contributed by atoms with van der Waals surface area (Å²) in [5.74, 6) is -0.888. The minimum Gasteiger partial charge on any atom is -0.465 e. The van der Waals surface area contributed by atoms with Gasteiger partial charge in [0.05, 0.1) is 17.8 Å². The van der Waals surface area contributed by atoms with Crippen molar-refractivity contribution in [1.29, 1.82) is 0 Å². The number of methoxy groups -OCH3 is 1. The van der Waals surface area contributed by atoms with Crippen LogP contribution in [0.4, 0.5) is 10.1 Å². The number of rotatable bonds is 3. The standard InChI is InChI=1S/C14H13ClFNO2S/c1-3-8-11(17)13(14(18)19-2)20-12(8)9-5-4-7(16)6-10(9)15/h4-6H,3,17H2,1-2H3. The van der Waals surface area contributed by atoms with Gasteiger partial charge in [0.15, 0.2) is 0 Å². The van der Waals surface area contributed by atoms with Crippen LogP contribution < -0.4 is 5.73 Å². The van der Waals surface area contributed by atoms with Crippen molar-refractivity contribution in [2.24, 2.45) is 0 Å². The number of halogens is 2.